The van der Waals surface area contributed by atoms with Gasteiger partial charge in [-0.25, -0.2) is 15.0 Å². The molecule has 2 amide bonds. The van der Waals surface area contributed by atoms with Crippen molar-refractivity contribution in [3.63, 3.8) is 0 Å². The SMILES string of the molecule is CCOC(=O)Cc1csc(NC(=O)C2=NC(C)C(=O)N(c3ccccc3)N2)n1. The van der Waals surface area contributed by atoms with Crippen LogP contribution in [0.5, 0.6) is 0 Å². The predicted octanol–water partition coefficient (Wildman–Crippen LogP) is 1.53. The van der Waals surface area contributed by atoms with Gasteiger partial charge in [-0.3, -0.25) is 25.1 Å². The summed E-state index contributed by atoms with van der Waals surface area (Å²) in [6.45, 7) is 3.65. The summed E-state index contributed by atoms with van der Waals surface area (Å²) in [6.07, 6.45) is 0.0345. The van der Waals surface area contributed by atoms with Crippen molar-refractivity contribution >= 4 is 45.8 Å². The van der Waals surface area contributed by atoms with Crippen LogP contribution in [0.25, 0.3) is 0 Å². The first-order valence-electron chi connectivity index (χ1n) is 8.62. The molecule has 3 rings (SSSR count). The molecule has 1 aliphatic heterocycles. The lowest BCUT2D eigenvalue weighted by molar-refractivity contribution is -0.142. The van der Waals surface area contributed by atoms with Crippen LogP contribution < -0.4 is 15.8 Å². The van der Waals surface area contributed by atoms with Gasteiger partial charge in [0, 0.05) is 5.38 Å². The van der Waals surface area contributed by atoms with Crippen molar-refractivity contribution in [1.29, 1.82) is 0 Å². The Morgan fingerprint density at radius 1 is 1.32 bits per heavy atom. The third-order valence-electron chi connectivity index (χ3n) is 3.75. The van der Waals surface area contributed by atoms with E-state index in [1.54, 1.807) is 43.5 Å². The summed E-state index contributed by atoms with van der Waals surface area (Å²) >= 11 is 1.19. The highest BCUT2D eigenvalue weighted by Gasteiger charge is 2.31. The van der Waals surface area contributed by atoms with Gasteiger partial charge in [0.2, 0.25) is 5.84 Å². The van der Waals surface area contributed by atoms with Crippen LogP contribution >= 0.6 is 11.3 Å². The van der Waals surface area contributed by atoms with Crippen molar-refractivity contribution in [1.82, 2.24) is 10.4 Å². The second-order valence-corrected chi connectivity index (χ2v) is 6.71. The summed E-state index contributed by atoms with van der Waals surface area (Å²) in [4.78, 5) is 44.8. The number of hydrogen-bond donors (Lipinski definition) is 2. The molecule has 0 fully saturated rings. The van der Waals surface area contributed by atoms with Crippen LogP contribution in [-0.4, -0.2) is 41.3 Å². The Bertz CT molecular complexity index is 912. The van der Waals surface area contributed by atoms with Crippen molar-refractivity contribution < 1.29 is 19.1 Å². The molecule has 1 atom stereocenters. The monoisotopic (exact) mass is 401 g/mol. The van der Waals surface area contributed by atoms with Gasteiger partial charge in [-0.2, -0.15) is 0 Å². The molecule has 0 bridgehead atoms. The first kappa shape index (κ1) is 19.5. The Morgan fingerprint density at radius 3 is 2.79 bits per heavy atom. The highest BCUT2D eigenvalue weighted by molar-refractivity contribution is 7.14. The molecule has 2 N–H and O–H groups in total. The van der Waals surface area contributed by atoms with E-state index >= 15 is 0 Å². The molecule has 2 heterocycles. The topological polar surface area (TPSA) is 113 Å². The van der Waals surface area contributed by atoms with Gasteiger partial charge in [0.05, 0.1) is 24.4 Å². The molecule has 1 aliphatic rings. The first-order chi connectivity index (χ1) is 13.5. The summed E-state index contributed by atoms with van der Waals surface area (Å²) in [7, 11) is 0. The van der Waals surface area contributed by atoms with Gasteiger partial charge in [0.15, 0.2) is 5.13 Å². The minimum Gasteiger partial charge on any atom is -0.466 e. The number of amidine groups is 1. The van der Waals surface area contributed by atoms with E-state index in [-0.39, 0.29) is 24.1 Å². The van der Waals surface area contributed by atoms with Gasteiger partial charge in [-0.1, -0.05) is 18.2 Å². The number of para-hydroxylation sites is 1. The zero-order chi connectivity index (χ0) is 20.1. The molecule has 1 aromatic heterocycles. The van der Waals surface area contributed by atoms with E-state index in [9.17, 15) is 14.4 Å². The molecule has 10 heteroatoms. The number of rotatable bonds is 6. The summed E-state index contributed by atoms with van der Waals surface area (Å²) < 4.78 is 4.88. The number of hydrogen-bond acceptors (Lipinski definition) is 8. The van der Waals surface area contributed by atoms with Crippen molar-refractivity contribution in [2.75, 3.05) is 16.9 Å². The van der Waals surface area contributed by atoms with Gasteiger partial charge in [-0.15, -0.1) is 11.3 Å². The minimum absolute atomic E-state index is 0.00176. The number of amides is 2. The number of hydrazine groups is 1. The third-order valence-corrected chi connectivity index (χ3v) is 4.56. The van der Waals surface area contributed by atoms with E-state index in [0.717, 1.165) is 0 Å². The number of esters is 1. The molecule has 9 nitrogen and oxygen atoms in total. The average molecular weight is 401 g/mol. The summed E-state index contributed by atoms with van der Waals surface area (Å²) in [6, 6.07) is 8.21. The van der Waals surface area contributed by atoms with Crippen LogP contribution in [-0.2, 0) is 25.5 Å². The Hall–Kier alpha value is -3.27. The minimum atomic E-state index is -0.710. The van der Waals surface area contributed by atoms with Gasteiger partial charge in [-0.05, 0) is 26.0 Å². The quantitative estimate of drug-likeness (QED) is 0.710. The van der Waals surface area contributed by atoms with Crippen molar-refractivity contribution in [3.8, 4) is 0 Å². The lowest BCUT2D eigenvalue weighted by Gasteiger charge is -2.30. The second-order valence-electron chi connectivity index (χ2n) is 5.85. The standard InChI is InChI=1S/C18H19N5O4S/c1-3-27-14(24)9-12-10-28-18(20-12)21-16(25)15-19-11(2)17(26)23(22-15)13-7-5-4-6-8-13/h4-8,10-11H,3,9H2,1-2H3,(H,19,22)(H,20,21,25). The number of thiazole rings is 1. The average Bonchev–Trinajstić information content (AvgIpc) is 3.11. The van der Waals surface area contributed by atoms with Crippen LogP contribution in [0.2, 0.25) is 0 Å². The Morgan fingerprint density at radius 2 is 2.07 bits per heavy atom. The van der Waals surface area contributed by atoms with Crippen LogP contribution in [0.4, 0.5) is 10.8 Å². The number of benzene rings is 1. The zero-order valence-corrected chi connectivity index (χ0v) is 16.2. The molecule has 1 aromatic carbocycles. The van der Waals surface area contributed by atoms with E-state index in [0.29, 0.717) is 23.1 Å². The maximum absolute atomic E-state index is 12.6. The number of nitrogens with one attached hydrogen (secondary N) is 2. The van der Waals surface area contributed by atoms with Crippen LogP contribution in [0, 0.1) is 0 Å². The number of carbonyl (C=O) groups is 3. The predicted molar refractivity (Wildman–Crippen MR) is 105 cm³/mol. The fourth-order valence-corrected chi connectivity index (χ4v) is 3.17. The molecule has 1 unspecified atom stereocenters. The molecule has 0 spiro atoms. The Labute approximate surface area is 165 Å². The lowest BCUT2D eigenvalue weighted by Crippen LogP contribution is -2.57. The van der Waals surface area contributed by atoms with E-state index in [4.69, 9.17) is 4.74 Å². The molecule has 28 heavy (non-hydrogen) atoms. The molecule has 0 saturated carbocycles. The fraction of sp³-hybridized carbons (Fsp3) is 0.278. The van der Waals surface area contributed by atoms with Gasteiger partial charge >= 0.3 is 5.97 Å². The van der Waals surface area contributed by atoms with Gasteiger partial charge in [0.25, 0.3) is 11.8 Å². The fourth-order valence-electron chi connectivity index (χ4n) is 2.47. The van der Waals surface area contributed by atoms with Gasteiger partial charge in [0.1, 0.15) is 6.04 Å². The molecule has 2 aromatic rings. The van der Waals surface area contributed by atoms with Crippen LogP contribution in [0.1, 0.15) is 19.5 Å². The number of nitrogens with zero attached hydrogens (tertiary/aromatic N) is 3. The molecule has 0 saturated heterocycles. The van der Waals surface area contributed by atoms with Crippen LogP contribution in [0.3, 0.4) is 0 Å². The van der Waals surface area contributed by atoms with Crippen molar-refractivity contribution in [3.05, 3.63) is 41.4 Å². The smallest absolute Gasteiger partial charge is 0.311 e. The molecular weight excluding hydrogens is 382 g/mol. The van der Waals surface area contributed by atoms with E-state index in [1.165, 1.54) is 16.3 Å². The first-order valence-corrected chi connectivity index (χ1v) is 9.50. The third kappa shape index (κ3) is 4.52. The maximum Gasteiger partial charge on any atom is 0.311 e. The van der Waals surface area contributed by atoms with E-state index in [2.05, 4.69) is 20.7 Å². The van der Waals surface area contributed by atoms with Crippen LogP contribution in [0.15, 0.2) is 40.7 Å². The molecule has 0 aliphatic carbocycles. The molecule has 146 valence electrons. The molecular formula is C18H19N5O4S. The highest BCUT2D eigenvalue weighted by atomic mass is 32.1. The maximum atomic E-state index is 12.6. The summed E-state index contributed by atoms with van der Waals surface area (Å²) in [5, 5.41) is 5.92. The largest absolute Gasteiger partial charge is 0.466 e. The number of anilines is 2. The van der Waals surface area contributed by atoms with E-state index in [1.807, 2.05) is 6.07 Å². The number of aromatic nitrogens is 1. The second kappa shape index (κ2) is 8.61. The van der Waals surface area contributed by atoms with E-state index < -0.39 is 11.9 Å². The summed E-state index contributed by atoms with van der Waals surface area (Å²) in [5.74, 6) is -1.18. The van der Waals surface area contributed by atoms with Gasteiger partial charge < -0.3 is 4.74 Å². The Kier molecular flexibility index (Phi) is 5.99. The number of aliphatic imine (C=N–C) groups is 1. The highest BCUT2D eigenvalue weighted by Crippen LogP contribution is 2.18. The lowest BCUT2D eigenvalue weighted by atomic mass is 10.2. The normalized spacial score (nSPS) is 16.2. The molecule has 0 radical (unpaired) electrons. The number of carbonyl (C=O) groups excluding carboxylic acids is 3. The Balaban J connectivity index is 1.69. The zero-order valence-electron chi connectivity index (χ0n) is 15.3. The van der Waals surface area contributed by atoms with Crippen molar-refractivity contribution in [2.24, 2.45) is 4.99 Å². The number of ether oxygens (including phenoxy) is 1. The summed E-state index contributed by atoms with van der Waals surface area (Å²) in [5.41, 5.74) is 3.86. The van der Waals surface area contributed by atoms with Crippen molar-refractivity contribution in [2.45, 2.75) is 26.3 Å².